The summed E-state index contributed by atoms with van der Waals surface area (Å²) in [6.45, 7) is 0.621. The van der Waals surface area contributed by atoms with Crippen LogP contribution in [-0.4, -0.2) is 15.6 Å². The molecule has 0 saturated carbocycles. The van der Waals surface area contributed by atoms with Crippen LogP contribution in [0.25, 0.3) is 32.2 Å². The summed E-state index contributed by atoms with van der Waals surface area (Å²) >= 11 is 1.62. The molecule has 2 aromatic heterocycles. The summed E-state index contributed by atoms with van der Waals surface area (Å²) in [5.74, 6) is -0.354. The van der Waals surface area contributed by atoms with Gasteiger partial charge in [0.2, 0.25) is 5.91 Å². The van der Waals surface area contributed by atoms with Gasteiger partial charge >= 0.3 is 0 Å². The molecule has 4 nitrogen and oxygen atoms in total. The van der Waals surface area contributed by atoms with Gasteiger partial charge in [0.1, 0.15) is 5.75 Å². The Morgan fingerprint density at radius 3 is 2.48 bits per heavy atom. The molecular weight excluding hydrogens is 380 g/mol. The van der Waals surface area contributed by atoms with E-state index in [-0.39, 0.29) is 5.75 Å². The highest BCUT2D eigenvalue weighted by molar-refractivity contribution is 7.13. The first-order valence-corrected chi connectivity index (χ1v) is 10.2. The van der Waals surface area contributed by atoms with Crippen LogP contribution in [0.3, 0.4) is 0 Å². The van der Waals surface area contributed by atoms with E-state index in [2.05, 4.69) is 22.8 Å². The average Bonchev–Trinajstić information content (AvgIpc) is 3.36. The Morgan fingerprint density at radius 1 is 0.931 bits per heavy atom. The van der Waals surface area contributed by atoms with Crippen molar-refractivity contribution < 1.29 is 9.90 Å². The van der Waals surface area contributed by atoms with Crippen LogP contribution >= 0.6 is 11.3 Å². The summed E-state index contributed by atoms with van der Waals surface area (Å²) in [5, 5.41) is 14.3. The number of aromatic nitrogens is 1. The number of carbonyl (C=O) groups is 1. The van der Waals surface area contributed by atoms with Crippen molar-refractivity contribution in [3.63, 3.8) is 0 Å². The highest BCUT2D eigenvalue weighted by Crippen LogP contribution is 2.41. The zero-order valence-electron chi connectivity index (χ0n) is 15.5. The molecule has 0 aliphatic rings. The molecule has 3 aromatic carbocycles. The number of amides is 1. The smallest absolute Gasteiger partial charge is 0.249 e. The van der Waals surface area contributed by atoms with E-state index in [0.29, 0.717) is 22.9 Å². The van der Waals surface area contributed by atoms with Crippen molar-refractivity contribution in [1.29, 1.82) is 0 Å². The fourth-order valence-corrected chi connectivity index (χ4v) is 4.68. The number of hydrogen-bond donors (Lipinski definition) is 2. The monoisotopic (exact) mass is 398 g/mol. The Labute approximate surface area is 171 Å². The zero-order chi connectivity index (χ0) is 20.0. The zero-order valence-corrected chi connectivity index (χ0v) is 16.3. The molecule has 5 heteroatoms. The van der Waals surface area contributed by atoms with Crippen molar-refractivity contribution in [2.45, 2.75) is 6.54 Å². The van der Waals surface area contributed by atoms with Gasteiger partial charge in [0, 0.05) is 22.4 Å². The molecule has 0 aliphatic heterocycles. The highest BCUT2D eigenvalue weighted by atomic mass is 32.1. The number of primary amides is 1. The molecule has 5 rings (SSSR count). The van der Waals surface area contributed by atoms with E-state index in [1.807, 2.05) is 47.8 Å². The van der Waals surface area contributed by atoms with Crippen LogP contribution in [0, 0.1) is 0 Å². The number of aromatic hydroxyl groups is 1. The van der Waals surface area contributed by atoms with Crippen LogP contribution in [0.1, 0.15) is 15.9 Å². The first-order valence-electron chi connectivity index (χ1n) is 9.29. The normalized spacial score (nSPS) is 11.3. The largest absolute Gasteiger partial charge is 0.507 e. The van der Waals surface area contributed by atoms with Crippen molar-refractivity contribution >= 4 is 39.0 Å². The lowest BCUT2D eigenvalue weighted by molar-refractivity contribution is 0.100. The third-order valence-electron chi connectivity index (χ3n) is 5.23. The van der Waals surface area contributed by atoms with Gasteiger partial charge in [-0.2, -0.15) is 0 Å². The number of fused-ring (bicyclic) bond motifs is 3. The van der Waals surface area contributed by atoms with E-state index in [0.717, 1.165) is 27.0 Å². The number of nitrogens with zero attached hydrogens (tertiary/aromatic N) is 1. The lowest BCUT2D eigenvalue weighted by Crippen LogP contribution is -2.11. The third-order valence-corrected chi connectivity index (χ3v) is 6.14. The maximum atomic E-state index is 12.1. The molecule has 0 saturated heterocycles. The molecule has 1 amide bonds. The SMILES string of the molecule is NC(=O)c1cccc2c1c1c(O)cc(-c3cccs3)cc1n2Cc1ccccc1. The van der Waals surface area contributed by atoms with Crippen LogP contribution in [0.2, 0.25) is 0 Å². The fraction of sp³-hybridized carbons (Fsp3) is 0.0417. The number of rotatable bonds is 4. The Morgan fingerprint density at radius 2 is 1.76 bits per heavy atom. The molecule has 0 fully saturated rings. The Balaban J connectivity index is 1.88. The maximum Gasteiger partial charge on any atom is 0.249 e. The minimum atomic E-state index is -0.504. The number of phenols is 1. The minimum Gasteiger partial charge on any atom is -0.507 e. The molecule has 0 radical (unpaired) electrons. The second kappa shape index (κ2) is 6.79. The van der Waals surface area contributed by atoms with Gasteiger partial charge in [-0.05, 0) is 46.8 Å². The summed E-state index contributed by atoms with van der Waals surface area (Å²) < 4.78 is 2.14. The number of benzene rings is 3. The molecule has 29 heavy (non-hydrogen) atoms. The summed E-state index contributed by atoms with van der Waals surface area (Å²) in [4.78, 5) is 13.2. The molecule has 142 valence electrons. The first-order chi connectivity index (χ1) is 14.1. The predicted octanol–water partition coefficient (Wildman–Crippen LogP) is 5.38. The molecule has 0 atom stereocenters. The number of carbonyl (C=O) groups excluding carboxylic acids is 1. The molecular formula is C24H18N2O2S. The van der Waals surface area contributed by atoms with E-state index in [1.54, 1.807) is 23.5 Å². The molecule has 0 bridgehead atoms. The molecule has 0 aliphatic carbocycles. The van der Waals surface area contributed by atoms with Crippen molar-refractivity contribution in [2.24, 2.45) is 5.73 Å². The molecule has 0 spiro atoms. The lowest BCUT2D eigenvalue weighted by atomic mass is 10.0. The van der Waals surface area contributed by atoms with Crippen LogP contribution < -0.4 is 5.73 Å². The maximum absolute atomic E-state index is 12.1. The van der Waals surface area contributed by atoms with Gasteiger partial charge < -0.3 is 15.4 Å². The number of nitrogens with two attached hydrogens (primary N) is 1. The predicted molar refractivity (Wildman–Crippen MR) is 118 cm³/mol. The second-order valence-corrected chi connectivity index (χ2v) is 7.95. The molecule has 0 unspecified atom stereocenters. The molecule has 5 aromatic rings. The number of thiophene rings is 1. The van der Waals surface area contributed by atoms with Crippen LogP contribution in [-0.2, 0) is 6.54 Å². The van der Waals surface area contributed by atoms with Crippen molar-refractivity contribution in [3.05, 3.63) is 89.3 Å². The van der Waals surface area contributed by atoms with Crippen LogP contribution in [0.4, 0.5) is 0 Å². The average molecular weight is 398 g/mol. The first kappa shape index (κ1) is 17.5. The van der Waals surface area contributed by atoms with Gasteiger partial charge in [0.25, 0.3) is 0 Å². The molecule has 2 heterocycles. The van der Waals surface area contributed by atoms with Crippen molar-refractivity contribution in [1.82, 2.24) is 4.57 Å². The van der Waals surface area contributed by atoms with E-state index in [1.165, 1.54) is 0 Å². The van der Waals surface area contributed by atoms with Crippen LogP contribution in [0.15, 0.2) is 78.2 Å². The minimum absolute atomic E-state index is 0.149. The summed E-state index contributed by atoms with van der Waals surface area (Å²) in [6, 6.07) is 23.5. The van der Waals surface area contributed by atoms with E-state index >= 15 is 0 Å². The van der Waals surface area contributed by atoms with Crippen molar-refractivity contribution in [3.8, 4) is 16.2 Å². The third kappa shape index (κ3) is 2.87. The molecule has 3 N–H and O–H groups in total. The van der Waals surface area contributed by atoms with E-state index in [4.69, 9.17) is 5.73 Å². The fourth-order valence-electron chi connectivity index (χ4n) is 3.97. The lowest BCUT2D eigenvalue weighted by Gasteiger charge is -2.09. The number of phenolic OH excluding ortho intramolecular Hbond substituents is 1. The Bertz CT molecular complexity index is 1350. The van der Waals surface area contributed by atoms with E-state index in [9.17, 15) is 9.90 Å². The standard InChI is InChI=1S/C24H18N2O2S/c25-24(28)17-8-4-9-18-22(17)23-19(26(18)14-15-6-2-1-3-7-15)12-16(13-20(23)27)21-10-5-11-29-21/h1-13,27H,14H2,(H2,25,28). The van der Waals surface area contributed by atoms with Gasteiger partial charge in [0.05, 0.1) is 16.4 Å². The number of hydrogen-bond acceptors (Lipinski definition) is 3. The Kier molecular flexibility index (Phi) is 4.11. The van der Waals surface area contributed by atoms with Crippen molar-refractivity contribution in [2.75, 3.05) is 0 Å². The van der Waals surface area contributed by atoms with E-state index < -0.39 is 5.91 Å². The highest BCUT2D eigenvalue weighted by Gasteiger charge is 2.20. The summed E-state index contributed by atoms with van der Waals surface area (Å²) in [6.07, 6.45) is 0. The second-order valence-electron chi connectivity index (χ2n) is 7.00. The summed E-state index contributed by atoms with van der Waals surface area (Å²) in [7, 11) is 0. The van der Waals surface area contributed by atoms with Gasteiger partial charge in [-0.25, -0.2) is 0 Å². The Hall–Kier alpha value is -3.57. The van der Waals surface area contributed by atoms with Gasteiger partial charge in [-0.3, -0.25) is 4.79 Å². The quantitative estimate of drug-likeness (QED) is 0.427. The topological polar surface area (TPSA) is 68.2 Å². The van der Waals surface area contributed by atoms with Crippen LogP contribution in [0.5, 0.6) is 5.75 Å². The van der Waals surface area contributed by atoms with Gasteiger partial charge in [-0.1, -0.05) is 42.5 Å². The van der Waals surface area contributed by atoms with Gasteiger partial charge in [-0.15, -0.1) is 11.3 Å². The summed E-state index contributed by atoms with van der Waals surface area (Å²) in [5.41, 5.74) is 9.91. The van der Waals surface area contributed by atoms with Gasteiger partial charge in [0.15, 0.2) is 0 Å².